The van der Waals surface area contributed by atoms with Crippen LogP contribution in [-0.4, -0.2) is 37.2 Å². The van der Waals surface area contributed by atoms with E-state index in [1.54, 1.807) is 0 Å². The van der Waals surface area contributed by atoms with Crippen molar-refractivity contribution in [2.24, 2.45) is 11.8 Å². The Morgan fingerprint density at radius 2 is 0.532 bits per heavy atom. The molecule has 6 heteroatoms. The Balaban J connectivity index is 4.23. The number of rotatable bonds is 50. The molecule has 0 aliphatic rings. The monoisotopic (exact) mass is 877 g/mol. The third-order valence-corrected chi connectivity index (χ3v) is 12.7. The maximum absolute atomic E-state index is 12.8. The lowest BCUT2D eigenvalue weighted by Gasteiger charge is -2.18. The molecule has 0 saturated heterocycles. The van der Waals surface area contributed by atoms with Crippen LogP contribution in [0.2, 0.25) is 0 Å². The Hall–Kier alpha value is -1.59. The highest BCUT2D eigenvalue weighted by atomic mass is 16.6. The fraction of sp³-hybridized carbons (Fsp3) is 0.946. The van der Waals surface area contributed by atoms with Crippen molar-refractivity contribution in [1.29, 1.82) is 0 Å². The SMILES string of the molecule is CCCCCCCCCCCC(=O)OC[C@@H](COC(=O)CCCCCCCCCCCCCCCCC(C)C)OC(=O)CCCCCCCCCCCCCCCCCC(C)C. The van der Waals surface area contributed by atoms with Crippen molar-refractivity contribution in [1.82, 2.24) is 0 Å². The van der Waals surface area contributed by atoms with Gasteiger partial charge in [0.25, 0.3) is 0 Å². The van der Waals surface area contributed by atoms with Crippen LogP contribution in [0.5, 0.6) is 0 Å². The molecule has 0 rings (SSSR count). The molecule has 0 N–H and O–H groups in total. The summed E-state index contributed by atoms with van der Waals surface area (Å²) in [6.07, 6.45) is 51.0. The zero-order chi connectivity index (χ0) is 45.4. The van der Waals surface area contributed by atoms with Gasteiger partial charge in [0.15, 0.2) is 6.10 Å². The largest absolute Gasteiger partial charge is 0.462 e. The van der Waals surface area contributed by atoms with Crippen molar-refractivity contribution < 1.29 is 28.6 Å². The molecule has 0 aliphatic carbocycles. The van der Waals surface area contributed by atoms with E-state index in [1.165, 1.54) is 199 Å². The second-order valence-corrected chi connectivity index (χ2v) is 20.2. The summed E-state index contributed by atoms with van der Waals surface area (Å²) in [4.78, 5) is 38.0. The smallest absolute Gasteiger partial charge is 0.306 e. The Kier molecular flexibility index (Phi) is 47.6. The van der Waals surface area contributed by atoms with E-state index in [-0.39, 0.29) is 31.1 Å². The molecule has 0 saturated carbocycles. The molecule has 0 unspecified atom stereocenters. The molecule has 1 atom stereocenters. The predicted molar refractivity (Wildman–Crippen MR) is 266 cm³/mol. The molecule has 0 heterocycles. The molecule has 368 valence electrons. The average molecular weight is 877 g/mol. The van der Waals surface area contributed by atoms with Crippen LogP contribution in [0, 0.1) is 11.8 Å². The lowest BCUT2D eigenvalue weighted by molar-refractivity contribution is -0.167. The molecular weight excluding hydrogens is 769 g/mol. The second-order valence-electron chi connectivity index (χ2n) is 20.2. The summed E-state index contributed by atoms with van der Waals surface area (Å²) in [5.74, 6) is 0.848. The first-order chi connectivity index (χ1) is 30.2. The quantitative estimate of drug-likeness (QED) is 0.0344. The maximum Gasteiger partial charge on any atom is 0.306 e. The third-order valence-electron chi connectivity index (χ3n) is 12.7. The van der Waals surface area contributed by atoms with Crippen LogP contribution in [0.3, 0.4) is 0 Å². The van der Waals surface area contributed by atoms with Crippen molar-refractivity contribution in [2.75, 3.05) is 13.2 Å². The first-order valence-electron chi connectivity index (χ1n) is 27.7. The number of unbranched alkanes of at least 4 members (excludes halogenated alkanes) is 35. The van der Waals surface area contributed by atoms with Gasteiger partial charge in [-0.15, -0.1) is 0 Å². The first kappa shape index (κ1) is 60.4. The number of hydrogen-bond donors (Lipinski definition) is 0. The van der Waals surface area contributed by atoms with Crippen LogP contribution < -0.4 is 0 Å². The number of ether oxygens (including phenoxy) is 3. The highest BCUT2D eigenvalue weighted by molar-refractivity contribution is 5.71. The van der Waals surface area contributed by atoms with Gasteiger partial charge in [0.05, 0.1) is 0 Å². The molecule has 0 amide bonds. The van der Waals surface area contributed by atoms with E-state index >= 15 is 0 Å². The molecule has 0 spiro atoms. The molecule has 62 heavy (non-hydrogen) atoms. The van der Waals surface area contributed by atoms with Gasteiger partial charge in [0, 0.05) is 19.3 Å². The maximum atomic E-state index is 12.8. The van der Waals surface area contributed by atoms with Gasteiger partial charge in [-0.05, 0) is 31.1 Å². The van der Waals surface area contributed by atoms with Gasteiger partial charge in [-0.25, -0.2) is 0 Å². The van der Waals surface area contributed by atoms with Gasteiger partial charge in [-0.1, -0.05) is 272 Å². The minimum atomic E-state index is -0.761. The molecule has 0 fully saturated rings. The van der Waals surface area contributed by atoms with Crippen molar-refractivity contribution in [3.63, 3.8) is 0 Å². The normalized spacial score (nSPS) is 12.0. The molecule has 0 aromatic heterocycles. The molecule has 0 aromatic carbocycles. The van der Waals surface area contributed by atoms with Crippen LogP contribution >= 0.6 is 0 Å². The fourth-order valence-electron chi connectivity index (χ4n) is 8.52. The minimum Gasteiger partial charge on any atom is -0.462 e. The number of carbonyl (C=O) groups is 3. The van der Waals surface area contributed by atoms with Gasteiger partial charge in [-0.2, -0.15) is 0 Å². The summed E-state index contributed by atoms with van der Waals surface area (Å²) >= 11 is 0. The van der Waals surface area contributed by atoms with E-state index in [2.05, 4.69) is 34.6 Å². The lowest BCUT2D eigenvalue weighted by atomic mass is 10.0. The van der Waals surface area contributed by atoms with Gasteiger partial charge in [0.1, 0.15) is 13.2 Å². The van der Waals surface area contributed by atoms with E-state index in [1.807, 2.05) is 0 Å². The van der Waals surface area contributed by atoms with Gasteiger partial charge in [-0.3, -0.25) is 14.4 Å². The molecule has 0 radical (unpaired) electrons. The lowest BCUT2D eigenvalue weighted by Crippen LogP contribution is -2.30. The van der Waals surface area contributed by atoms with E-state index < -0.39 is 6.10 Å². The number of carbonyl (C=O) groups excluding carboxylic acids is 3. The highest BCUT2D eigenvalue weighted by Crippen LogP contribution is 2.18. The van der Waals surface area contributed by atoms with E-state index in [0.29, 0.717) is 19.3 Å². The van der Waals surface area contributed by atoms with Crippen LogP contribution in [0.25, 0.3) is 0 Å². The molecule has 6 nitrogen and oxygen atoms in total. The fourth-order valence-corrected chi connectivity index (χ4v) is 8.52. The van der Waals surface area contributed by atoms with E-state index in [9.17, 15) is 14.4 Å². The zero-order valence-corrected chi connectivity index (χ0v) is 42.5. The summed E-state index contributed by atoms with van der Waals surface area (Å²) in [5.41, 5.74) is 0. The Labute approximate surface area is 387 Å². The average Bonchev–Trinajstić information content (AvgIpc) is 3.24. The predicted octanol–water partition coefficient (Wildman–Crippen LogP) is 18.1. The van der Waals surface area contributed by atoms with Gasteiger partial charge in [0.2, 0.25) is 0 Å². The minimum absolute atomic E-state index is 0.0630. The summed E-state index contributed by atoms with van der Waals surface area (Å²) < 4.78 is 16.8. The Morgan fingerprint density at radius 3 is 0.790 bits per heavy atom. The molecule has 0 aliphatic heterocycles. The second kappa shape index (κ2) is 48.9. The van der Waals surface area contributed by atoms with Crippen LogP contribution in [0.4, 0.5) is 0 Å². The van der Waals surface area contributed by atoms with Gasteiger partial charge < -0.3 is 14.2 Å². The van der Waals surface area contributed by atoms with Crippen molar-refractivity contribution in [2.45, 2.75) is 317 Å². The van der Waals surface area contributed by atoms with Crippen molar-refractivity contribution >= 4 is 17.9 Å². The molecule has 0 aromatic rings. The van der Waals surface area contributed by atoms with Crippen LogP contribution in [-0.2, 0) is 28.6 Å². The standard InChI is InChI=1S/C56H108O6/c1-6-7-8-9-10-24-31-36-41-46-54(57)60-49-53(50-61-55(58)47-42-37-32-27-22-18-15-14-17-21-26-30-35-40-45-52(4)5)62-56(59)48-43-38-33-28-23-19-13-11-12-16-20-25-29-34-39-44-51(2)3/h51-53H,6-50H2,1-5H3/t53-/m0/s1. The summed E-state index contributed by atoms with van der Waals surface area (Å²) in [6.45, 7) is 11.4. The highest BCUT2D eigenvalue weighted by Gasteiger charge is 2.19. The topological polar surface area (TPSA) is 78.9 Å². The van der Waals surface area contributed by atoms with E-state index in [0.717, 1.165) is 69.6 Å². The van der Waals surface area contributed by atoms with Crippen molar-refractivity contribution in [3.8, 4) is 0 Å². The Bertz CT molecular complexity index is 947. The molecular formula is C56H108O6. The zero-order valence-electron chi connectivity index (χ0n) is 42.5. The van der Waals surface area contributed by atoms with Crippen molar-refractivity contribution in [3.05, 3.63) is 0 Å². The number of esters is 3. The third kappa shape index (κ3) is 49.4. The first-order valence-corrected chi connectivity index (χ1v) is 27.7. The van der Waals surface area contributed by atoms with Crippen LogP contribution in [0.15, 0.2) is 0 Å². The summed E-state index contributed by atoms with van der Waals surface area (Å²) in [7, 11) is 0. The van der Waals surface area contributed by atoms with E-state index in [4.69, 9.17) is 14.2 Å². The summed E-state index contributed by atoms with van der Waals surface area (Å²) in [5, 5.41) is 0. The van der Waals surface area contributed by atoms with Crippen LogP contribution in [0.1, 0.15) is 311 Å². The van der Waals surface area contributed by atoms with Gasteiger partial charge >= 0.3 is 17.9 Å². The molecule has 0 bridgehead atoms. The number of hydrogen-bond acceptors (Lipinski definition) is 6. The Morgan fingerprint density at radius 1 is 0.306 bits per heavy atom. The summed E-state index contributed by atoms with van der Waals surface area (Å²) in [6, 6.07) is 0.